The fourth-order valence-corrected chi connectivity index (χ4v) is 2.48. The van der Waals surface area contributed by atoms with Crippen LogP contribution in [0.4, 0.5) is 0 Å². The Morgan fingerprint density at radius 3 is 2.74 bits per heavy atom. The number of rotatable bonds is 5. The summed E-state index contributed by atoms with van der Waals surface area (Å²) in [6.45, 7) is 1.01. The number of benzene rings is 1. The molecule has 1 fully saturated rings. The second-order valence-corrected chi connectivity index (χ2v) is 5.01. The van der Waals surface area contributed by atoms with Crippen LogP contribution in [0.5, 0.6) is 5.75 Å². The predicted molar refractivity (Wildman–Crippen MR) is 74.9 cm³/mol. The van der Waals surface area contributed by atoms with Crippen molar-refractivity contribution in [3.05, 3.63) is 30.3 Å². The molecule has 2 rings (SSSR count). The molecular formula is C15H22N2O2. The van der Waals surface area contributed by atoms with Crippen LogP contribution < -0.4 is 15.8 Å². The van der Waals surface area contributed by atoms with Crippen molar-refractivity contribution in [2.75, 3.05) is 13.2 Å². The molecule has 4 heteroatoms. The second kappa shape index (κ2) is 7.14. The van der Waals surface area contributed by atoms with Gasteiger partial charge in [-0.1, -0.05) is 31.0 Å². The maximum Gasteiger partial charge on any atom is 0.224 e. The highest BCUT2D eigenvalue weighted by Crippen LogP contribution is 2.22. The average Bonchev–Trinajstić information content (AvgIpc) is 2.45. The number of ether oxygens (including phenoxy) is 1. The Kier molecular flexibility index (Phi) is 5.21. The number of carbonyl (C=O) groups excluding carboxylic acids is 1. The Morgan fingerprint density at radius 1 is 1.26 bits per heavy atom. The van der Waals surface area contributed by atoms with Gasteiger partial charge in [-0.05, 0) is 25.0 Å². The summed E-state index contributed by atoms with van der Waals surface area (Å²) in [7, 11) is 0. The van der Waals surface area contributed by atoms with E-state index in [1.165, 1.54) is 0 Å². The molecule has 1 aromatic rings. The van der Waals surface area contributed by atoms with E-state index in [1.54, 1.807) is 0 Å². The zero-order valence-corrected chi connectivity index (χ0v) is 11.2. The van der Waals surface area contributed by atoms with Gasteiger partial charge in [0, 0.05) is 6.04 Å². The molecule has 0 aliphatic heterocycles. The Hall–Kier alpha value is -1.55. The Labute approximate surface area is 114 Å². The zero-order valence-electron chi connectivity index (χ0n) is 11.2. The fourth-order valence-electron chi connectivity index (χ4n) is 2.48. The first-order valence-electron chi connectivity index (χ1n) is 6.98. The average molecular weight is 262 g/mol. The minimum atomic E-state index is -0.0227. The van der Waals surface area contributed by atoms with Gasteiger partial charge in [0.25, 0.3) is 0 Å². The van der Waals surface area contributed by atoms with Crippen LogP contribution in [0.15, 0.2) is 30.3 Å². The number of hydrogen-bond donors (Lipinski definition) is 2. The molecule has 4 nitrogen and oxygen atoms in total. The highest BCUT2D eigenvalue weighted by Gasteiger charge is 2.27. The van der Waals surface area contributed by atoms with Gasteiger partial charge < -0.3 is 15.8 Å². The van der Waals surface area contributed by atoms with Crippen LogP contribution in [0.3, 0.4) is 0 Å². The minimum absolute atomic E-state index is 0.0174. The summed E-state index contributed by atoms with van der Waals surface area (Å²) in [5.41, 5.74) is 5.98. The van der Waals surface area contributed by atoms with Crippen LogP contribution in [0, 0.1) is 5.92 Å². The van der Waals surface area contributed by atoms with Gasteiger partial charge >= 0.3 is 0 Å². The molecule has 104 valence electrons. The van der Waals surface area contributed by atoms with Crippen molar-refractivity contribution in [3.63, 3.8) is 0 Å². The molecule has 2 unspecified atom stereocenters. The number of nitrogens with one attached hydrogen (secondary N) is 1. The minimum Gasteiger partial charge on any atom is -0.492 e. The van der Waals surface area contributed by atoms with Crippen molar-refractivity contribution in [1.82, 2.24) is 5.32 Å². The molecule has 1 aliphatic carbocycles. The lowest BCUT2D eigenvalue weighted by Crippen LogP contribution is -2.44. The molecule has 19 heavy (non-hydrogen) atoms. The second-order valence-electron chi connectivity index (χ2n) is 5.01. The van der Waals surface area contributed by atoms with Crippen molar-refractivity contribution in [1.29, 1.82) is 0 Å². The first-order valence-corrected chi connectivity index (χ1v) is 6.98. The SMILES string of the molecule is NC1CCCCC1C(=O)NCCOc1ccccc1. The number of para-hydroxylation sites is 1. The summed E-state index contributed by atoms with van der Waals surface area (Å²) in [6, 6.07) is 9.62. The van der Waals surface area contributed by atoms with Gasteiger partial charge in [0.05, 0.1) is 12.5 Å². The van der Waals surface area contributed by atoms with Gasteiger partial charge in [0.15, 0.2) is 0 Å². The molecule has 1 aromatic carbocycles. The van der Waals surface area contributed by atoms with Crippen LogP contribution in [-0.4, -0.2) is 25.1 Å². The van der Waals surface area contributed by atoms with Gasteiger partial charge in [-0.15, -0.1) is 0 Å². The topological polar surface area (TPSA) is 64.4 Å². The van der Waals surface area contributed by atoms with Crippen LogP contribution in [0.25, 0.3) is 0 Å². The molecule has 1 saturated carbocycles. The summed E-state index contributed by atoms with van der Waals surface area (Å²) >= 11 is 0. The van der Waals surface area contributed by atoms with E-state index in [2.05, 4.69) is 5.32 Å². The monoisotopic (exact) mass is 262 g/mol. The molecule has 0 spiro atoms. The highest BCUT2D eigenvalue weighted by molar-refractivity contribution is 5.79. The van der Waals surface area contributed by atoms with Gasteiger partial charge in [-0.3, -0.25) is 4.79 Å². The maximum atomic E-state index is 12.0. The zero-order chi connectivity index (χ0) is 13.5. The summed E-state index contributed by atoms with van der Waals surface area (Å²) in [5, 5.41) is 2.91. The number of hydrogen-bond acceptors (Lipinski definition) is 3. The Balaban J connectivity index is 1.66. The molecular weight excluding hydrogens is 240 g/mol. The quantitative estimate of drug-likeness (QED) is 0.794. The van der Waals surface area contributed by atoms with Gasteiger partial charge in [-0.2, -0.15) is 0 Å². The van der Waals surface area contributed by atoms with E-state index in [0.29, 0.717) is 13.2 Å². The normalized spacial score (nSPS) is 22.8. The first kappa shape index (κ1) is 13.9. The lowest BCUT2D eigenvalue weighted by molar-refractivity contribution is -0.126. The van der Waals surface area contributed by atoms with E-state index in [0.717, 1.165) is 31.4 Å². The summed E-state index contributed by atoms with van der Waals surface area (Å²) in [5.74, 6) is 0.875. The van der Waals surface area contributed by atoms with Crippen LogP contribution in [0.1, 0.15) is 25.7 Å². The summed E-state index contributed by atoms with van der Waals surface area (Å²) in [4.78, 5) is 12.0. The largest absolute Gasteiger partial charge is 0.492 e. The highest BCUT2D eigenvalue weighted by atomic mass is 16.5. The van der Waals surface area contributed by atoms with Crippen molar-refractivity contribution in [3.8, 4) is 5.75 Å². The first-order chi connectivity index (χ1) is 9.27. The van der Waals surface area contributed by atoms with Crippen LogP contribution >= 0.6 is 0 Å². The Bertz CT molecular complexity index is 394. The molecule has 0 radical (unpaired) electrons. The van der Waals surface area contributed by atoms with Crippen molar-refractivity contribution in [2.45, 2.75) is 31.7 Å². The maximum absolute atomic E-state index is 12.0. The van der Waals surface area contributed by atoms with Gasteiger partial charge in [0.2, 0.25) is 5.91 Å². The fraction of sp³-hybridized carbons (Fsp3) is 0.533. The van der Waals surface area contributed by atoms with E-state index in [1.807, 2.05) is 30.3 Å². The van der Waals surface area contributed by atoms with E-state index >= 15 is 0 Å². The molecule has 1 aliphatic rings. The lowest BCUT2D eigenvalue weighted by Gasteiger charge is -2.27. The van der Waals surface area contributed by atoms with Crippen molar-refractivity contribution < 1.29 is 9.53 Å². The molecule has 0 aromatic heterocycles. The van der Waals surface area contributed by atoms with E-state index in [-0.39, 0.29) is 17.9 Å². The van der Waals surface area contributed by atoms with Gasteiger partial charge in [-0.25, -0.2) is 0 Å². The Morgan fingerprint density at radius 2 is 2.00 bits per heavy atom. The molecule has 3 N–H and O–H groups in total. The number of nitrogens with two attached hydrogens (primary N) is 1. The molecule has 0 bridgehead atoms. The van der Waals surface area contributed by atoms with E-state index < -0.39 is 0 Å². The lowest BCUT2D eigenvalue weighted by atomic mass is 9.84. The summed E-state index contributed by atoms with van der Waals surface area (Å²) < 4.78 is 5.52. The van der Waals surface area contributed by atoms with Gasteiger partial charge in [0.1, 0.15) is 12.4 Å². The number of carbonyl (C=O) groups is 1. The van der Waals surface area contributed by atoms with E-state index in [4.69, 9.17) is 10.5 Å². The van der Waals surface area contributed by atoms with Crippen LogP contribution in [-0.2, 0) is 4.79 Å². The third-order valence-electron chi connectivity index (χ3n) is 3.57. The summed E-state index contributed by atoms with van der Waals surface area (Å²) in [6.07, 6.45) is 4.11. The molecule has 1 amide bonds. The third kappa shape index (κ3) is 4.24. The van der Waals surface area contributed by atoms with Crippen molar-refractivity contribution in [2.24, 2.45) is 11.7 Å². The molecule has 0 saturated heterocycles. The standard InChI is InChI=1S/C15H22N2O2/c16-14-9-5-4-8-13(14)15(18)17-10-11-19-12-6-2-1-3-7-12/h1-3,6-7,13-14H,4-5,8-11,16H2,(H,17,18). The van der Waals surface area contributed by atoms with Crippen LogP contribution in [0.2, 0.25) is 0 Å². The van der Waals surface area contributed by atoms with E-state index in [9.17, 15) is 4.79 Å². The smallest absolute Gasteiger partial charge is 0.224 e. The molecule has 2 atom stereocenters. The third-order valence-corrected chi connectivity index (χ3v) is 3.57. The molecule has 0 heterocycles. The number of amides is 1. The van der Waals surface area contributed by atoms with Crippen molar-refractivity contribution >= 4 is 5.91 Å². The predicted octanol–water partition coefficient (Wildman–Crippen LogP) is 1.70.